The van der Waals surface area contributed by atoms with Gasteiger partial charge in [0, 0.05) is 12.2 Å². The Kier molecular flexibility index (Phi) is 4.59. The molecule has 1 heterocycles. The molecule has 1 aromatic rings. The van der Waals surface area contributed by atoms with Gasteiger partial charge in [0.1, 0.15) is 5.75 Å². The molecule has 0 fully saturated rings. The quantitative estimate of drug-likeness (QED) is 0.779. The molecule has 1 aliphatic rings. The van der Waals surface area contributed by atoms with Gasteiger partial charge in [-0.3, -0.25) is 9.69 Å². The summed E-state index contributed by atoms with van der Waals surface area (Å²) in [7, 11) is 3.42. The van der Waals surface area contributed by atoms with Crippen LogP contribution in [0.15, 0.2) is 18.2 Å². The molecule has 0 radical (unpaired) electrons. The van der Waals surface area contributed by atoms with Gasteiger partial charge < -0.3 is 9.64 Å². The van der Waals surface area contributed by atoms with Crippen LogP contribution in [0.1, 0.15) is 12.0 Å². The fraction of sp³-hybridized carbons (Fsp3) is 0.467. The maximum absolute atomic E-state index is 12.3. The Morgan fingerprint density at radius 1 is 1.55 bits per heavy atom. The van der Waals surface area contributed by atoms with Gasteiger partial charge in [-0.05, 0) is 43.7 Å². The second-order valence-corrected chi connectivity index (χ2v) is 4.97. The third-order valence-electron chi connectivity index (χ3n) is 3.45. The Labute approximate surface area is 119 Å². The van der Waals surface area contributed by atoms with E-state index in [0.717, 1.165) is 36.4 Å². The minimum absolute atomic E-state index is 0.0360. The number of amides is 1. The van der Waals surface area contributed by atoms with Gasteiger partial charge in [-0.2, -0.15) is 5.26 Å². The molecule has 1 aromatic carbocycles. The lowest BCUT2D eigenvalue weighted by Crippen LogP contribution is -2.41. The molecule has 0 N–H and O–H groups in total. The molecule has 0 bridgehead atoms. The summed E-state index contributed by atoms with van der Waals surface area (Å²) in [6, 6.07) is 7.86. The number of carbonyl (C=O) groups excluding carboxylic acids is 1. The summed E-state index contributed by atoms with van der Waals surface area (Å²) in [5.41, 5.74) is 2.11. The van der Waals surface area contributed by atoms with Crippen molar-refractivity contribution in [1.82, 2.24) is 4.90 Å². The average molecular weight is 273 g/mol. The van der Waals surface area contributed by atoms with Crippen molar-refractivity contribution in [3.05, 3.63) is 23.8 Å². The van der Waals surface area contributed by atoms with Crippen molar-refractivity contribution in [3.63, 3.8) is 0 Å². The van der Waals surface area contributed by atoms with Crippen LogP contribution >= 0.6 is 0 Å². The summed E-state index contributed by atoms with van der Waals surface area (Å²) in [6.07, 6.45) is 1.91. The fourth-order valence-electron chi connectivity index (χ4n) is 2.45. The number of ether oxygens (including phenoxy) is 1. The molecular formula is C15H19N3O2. The van der Waals surface area contributed by atoms with E-state index < -0.39 is 0 Å². The lowest BCUT2D eigenvalue weighted by atomic mass is 10.0. The molecule has 2 rings (SSSR count). The summed E-state index contributed by atoms with van der Waals surface area (Å²) >= 11 is 0. The molecule has 0 aliphatic carbocycles. The maximum Gasteiger partial charge on any atom is 0.241 e. The van der Waals surface area contributed by atoms with Gasteiger partial charge in [0.2, 0.25) is 5.91 Å². The average Bonchev–Trinajstić information content (AvgIpc) is 2.46. The van der Waals surface area contributed by atoms with Gasteiger partial charge in [-0.15, -0.1) is 0 Å². The van der Waals surface area contributed by atoms with E-state index in [-0.39, 0.29) is 19.0 Å². The highest BCUT2D eigenvalue weighted by atomic mass is 16.5. The first-order chi connectivity index (χ1) is 9.65. The van der Waals surface area contributed by atoms with Gasteiger partial charge in [-0.25, -0.2) is 0 Å². The number of likely N-dealkylation sites (N-methyl/N-ethyl adjacent to an activating group) is 1. The number of methoxy groups -OCH3 is 1. The zero-order valence-electron chi connectivity index (χ0n) is 11.9. The van der Waals surface area contributed by atoms with Gasteiger partial charge >= 0.3 is 0 Å². The predicted octanol–water partition coefficient (Wildman–Crippen LogP) is 1.43. The molecule has 0 atom stereocenters. The first-order valence-corrected chi connectivity index (χ1v) is 6.68. The van der Waals surface area contributed by atoms with Crippen LogP contribution < -0.4 is 9.64 Å². The summed E-state index contributed by atoms with van der Waals surface area (Å²) in [5.74, 6) is 0.855. The number of hydrogen-bond donors (Lipinski definition) is 0. The number of rotatable bonds is 4. The molecule has 1 aliphatic heterocycles. The van der Waals surface area contributed by atoms with Crippen molar-refractivity contribution in [1.29, 1.82) is 5.26 Å². The predicted molar refractivity (Wildman–Crippen MR) is 76.8 cm³/mol. The van der Waals surface area contributed by atoms with Crippen LogP contribution in [-0.2, 0) is 11.2 Å². The largest absolute Gasteiger partial charge is 0.497 e. The molecule has 106 valence electrons. The highest BCUT2D eigenvalue weighted by molar-refractivity contribution is 5.96. The van der Waals surface area contributed by atoms with Gasteiger partial charge in [-0.1, -0.05) is 0 Å². The van der Waals surface area contributed by atoms with Crippen LogP contribution in [0.25, 0.3) is 0 Å². The van der Waals surface area contributed by atoms with Crippen LogP contribution in [0.3, 0.4) is 0 Å². The molecule has 0 aromatic heterocycles. The minimum atomic E-state index is 0.0360. The molecule has 0 saturated heterocycles. The van der Waals surface area contributed by atoms with Gasteiger partial charge in [0.25, 0.3) is 0 Å². The number of hydrogen-bond acceptors (Lipinski definition) is 4. The Hall–Kier alpha value is -2.06. The Morgan fingerprint density at radius 2 is 2.35 bits per heavy atom. The second kappa shape index (κ2) is 6.40. The van der Waals surface area contributed by atoms with Crippen LogP contribution in [0.4, 0.5) is 5.69 Å². The molecule has 20 heavy (non-hydrogen) atoms. The summed E-state index contributed by atoms with van der Waals surface area (Å²) in [6.45, 7) is 1.26. The number of fused-ring (bicyclic) bond motifs is 1. The standard InChI is InChI=1S/C15H19N3O2/c1-17(9-7-16)11-15(19)18-8-3-4-12-10-13(20-2)5-6-14(12)18/h5-6,10H,3-4,8-9,11H2,1-2H3. The second-order valence-electron chi connectivity index (χ2n) is 4.97. The SMILES string of the molecule is COc1ccc2c(c1)CCCN2C(=O)CN(C)CC#N. The van der Waals surface area contributed by atoms with Crippen molar-refractivity contribution in [2.45, 2.75) is 12.8 Å². The molecule has 5 nitrogen and oxygen atoms in total. The third kappa shape index (κ3) is 3.09. The number of nitriles is 1. The van der Waals surface area contributed by atoms with Crippen LogP contribution in [0.2, 0.25) is 0 Å². The first-order valence-electron chi connectivity index (χ1n) is 6.68. The number of aryl methyl sites for hydroxylation is 1. The van der Waals surface area contributed by atoms with E-state index in [1.807, 2.05) is 29.2 Å². The van der Waals surface area contributed by atoms with Crippen LogP contribution in [0, 0.1) is 11.3 Å². The third-order valence-corrected chi connectivity index (χ3v) is 3.45. The lowest BCUT2D eigenvalue weighted by molar-refractivity contribution is -0.119. The van der Waals surface area contributed by atoms with E-state index in [4.69, 9.17) is 10.00 Å². The minimum Gasteiger partial charge on any atom is -0.497 e. The van der Waals surface area contributed by atoms with E-state index >= 15 is 0 Å². The molecule has 0 saturated carbocycles. The summed E-state index contributed by atoms with van der Waals surface area (Å²) in [4.78, 5) is 15.9. The highest BCUT2D eigenvalue weighted by Gasteiger charge is 2.23. The molecule has 5 heteroatoms. The van der Waals surface area contributed by atoms with Crippen molar-refractivity contribution in [2.75, 3.05) is 38.7 Å². The van der Waals surface area contributed by atoms with E-state index in [0.29, 0.717) is 0 Å². The lowest BCUT2D eigenvalue weighted by Gasteiger charge is -2.30. The molecule has 0 spiro atoms. The fourth-order valence-corrected chi connectivity index (χ4v) is 2.45. The van der Waals surface area contributed by atoms with E-state index in [1.54, 1.807) is 19.1 Å². The number of anilines is 1. The van der Waals surface area contributed by atoms with E-state index in [1.165, 1.54) is 0 Å². The van der Waals surface area contributed by atoms with Gasteiger partial charge in [0.05, 0.1) is 26.3 Å². The number of nitrogens with zero attached hydrogens (tertiary/aromatic N) is 3. The number of carbonyl (C=O) groups is 1. The molecular weight excluding hydrogens is 254 g/mol. The monoisotopic (exact) mass is 273 g/mol. The van der Waals surface area contributed by atoms with Crippen molar-refractivity contribution in [2.24, 2.45) is 0 Å². The molecule has 1 amide bonds. The van der Waals surface area contributed by atoms with Gasteiger partial charge in [0.15, 0.2) is 0 Å². The van der Waals surface area contributed by atoms with Crippen molar-refractivity contribution < 1.29 is 9.53 Å². The zero-order valence-corrected chi connectivity index (χ0v) is 11.9. The Morgan fingerprint density at radius 3 is 3.05 bits per heavy atom. The Bertz CT molecular complexity index is 536. The Balaban J connectivity index is 2.16. The van der Waals surface area contributed by atoms with Crippen molar-refractivity contribution >= 4 is 11.6 Å². The summed E-state index contributed by atoms with van der Waals surface area (Å²) < 4.78 is 5.22. The summed E-state index contributed by atoms with van der Waals surface area (Å²) in [5, 5.41) is 8.64. The molecule has 0 unspecified atom stereocenters. The topological polar surface area (TPSA) is 56.6 Å². The van der Waals surface area contributed by atoms with Crippen LogP contribution in [0.5, 0.6) is 5.75 Å². The highest BCUT2D eigenvalue weighted by Crippen LogP contribution is 2.30. The van der Waals surface area contributed by atoms with Crippen molar-refractivity contribution in [3.8, 4) is 11.8 Å². The number of benzene rings is 1. The zero-order chi connectivity index (χ0) is 14.5. The smallest absolute Gasteiger partial charge is 0.241 e. The first kappa shape index (κ1) is 14.4. The van der Waals surface area contributed by atoms with Crippen LogP contribution in [-0.4, -0.2) is 44.6 Å². The maximum atomic E-state index is 12.3. The van der Waals surface area contributed by atoms with E-state index in [2.05, 4.69) is 0 Å². The normalized spacial score (nSPS) is 13.8. The van der Waals surface area contributed by atoms with E-state index in [9.17, 15) is 4.79 Å².